The molecule has 0 saturated carbocycles. The second-order valence-corrected chi connectivity index (χ2v) is 7.58. The molecule has 30 heavy (non-hydrogen) atoms. The van der Waals surface area contributed by atoms with Gasteiger partial charge in [0.15, 0.2) is 11.5 Å². The highest BCUT2D eigenvalue weighted by Crippen LogP contribution is 2.37. The number of nitrogens with one attached hydrogen (secondary N) is 1. The highest BCUT2D eigenvalue weighted by Gasteiger charge is 2.21. The van der Waals surface area contributed by atoms with Gasteiger partial charge in [0.25, 0.3) is 11.5 Å². The number of aromatic nitrogens is 2. The van der Waals surface area contributed by atoms with E-state index in [9.17, 15) is 9.59 Å². The van der Waals surface area contributed by atoms with Crippen LogP contribution in [0.25, 0.3) is 5.69 Å². The number of rotatable bonds is 7. The number of anilines is 1. The Morgan fingerprint density at radius 2 is 1.90 bits per heavy atom. The van der Waals surface area contributed by atoms with Crippen molar-refractivity contribution in [3.63, 3.8) is 0 Å². The molecule has 0 spiro atoms. The summed E-state index contributed by atoms with van der Waals surface area (Å²) in [7, 11) is 3.29. The van der Waals surface area contributed by atoms with Crippen molar-refractivity contribution in [3.8, 4) is 17.2 Å². The van der Waals surface area contributed by atoms with Crippen LogP contribution in [-0.2, 0) is 7.05 Å². The van der Waals surface area contributed by atoms with E-state index < -0.39 is 5.91 Å². The van der Waals surface area contributed by atoms with Crippen LogP contribution in [0.1, 0.15) is 29.4 Å². The molecule has 1 aromatic heterocycles. The van der Waals surface area contributed by atoms with E-state index >= 15 is 0 Å². The first-order valence-electron chi connectivity index (χ1n) is 9.54. The lowest BCUT2D eigenvalue weighted by Gasteiger charge is -2.14. The second kappa shape index (κ2) is 9.21. The van der Waals surface area contributed by atoms with Crippen LogP contribution in [0.3, 0.4) is 0 Å². The van der Waals surface area contributed by atoms with E-state index in [0.29, 0.717) is 33.8 Å². The normalized spacial score (nSPS) is 10.7. The zero-order chi connectivity index (χ0) is 21.8. The van der Waals surface area contributed by atoms with Crippen molar-refractivity contribution in [3.05, 3.63) is 68.5 Å². The van der Waals surface area contributed by atoms with Crippen LogP contribution in [-0.4, -0.2) is 29.0 Å². The maximum Gasteiger partial charge on any atom is 0.295 e. The van der Waals surface area contributed by atoms with E-state index in [1.54, 1.807) is 30.8 Å². The smallest absolute Gasteiger partial charge is 0.295 e. The third kappa shape index (κ3) is 4.14. The summed E-state index contributed by atoms with van der Waals surface area (Å²) in [5, 5.41) is 2.76. The van der Waals surface area contributed by atoms with Crippen molar-refractivity contribution >= 4 is 27.5 Å². The predicted octanol–water partition coefficient (Wildman–Crippen LogP) is 4.30. The number of para-hydroxylation sites is 1. The summed E-state index contributed by atoms with van der Waals surface area (Å²) in [5.41, 5.74) is 1.63. The Balaban J connectivity index is 1.95. The Bertz CT molecular complexity index is 1120. The number of carbonyl (C=O) groups is 1. The van der Waals surface area contributed by atoms with Crippen LogP contribution in [0, 0.1) is 6.92 Å². The zero-order valence-corrected chi connectivity index (χ0v) is 18.9. The van der Waals surface area contributed by atoms with Gasteiger partial charge in [-0.15, -0.1) is 0 Å². The Morgan fingerprint density at radius 1 is 1.20 bits per heavy atom. The van der Waals surface area contributed by atoms with E-state index in [1.165, 1.54) is 11.8 Å². The Morgan fingerprint density at radius 3 is 2.53 bits per heavy atom. The van der Waals surface area contributed by atoms with Crippen molar-refractivity contribution < 1.29 is 14.3 Å². The fourth-order valence-corrected chi connectivity index (χ4v) is 3.65. The summed E-state index contributed by atoms with van der Waals surface area (Å²) < 4.78 is 14.9. The Labute approximate surface area is 183 Å². The van der Waals surface area contributed by atoms with Gasteiger partial charge < -0.3 is 14.8 Å². The van der Waals surface area contributed by atoms with E-state index in [4.69, 9.17) is 9.47 Å². The number of carbonyl (C=O) groups excluding carboxylic acids is 1. The quantitative estimate of drug-likeness (QED) is 0.555. The van der Waals surface area contributed by atoms with Crippen LogP contribution in [0.5, 0.6) is 11.5 Å². The minimum atomic E-state index is -0.415. The maximum absolute atomic E-state index is 13.0. The molecule has 1 amide bonds. The number of hydrogen-bond acceptors (Lipinski definition) is 4. The van der Waals surface area contributed by atoms with Gasteiger partial charge in [0.05, 0.1) is 29.6 Å². The summed E-state index contributed by atoms with van der Waals surface area (Å²) in [6.07, 6.45) is 0.846. The average molecular weight is 474 g/mol. The number of benzene rings is 2. The van der Waals surface area contributed by atoms with Gasteiger partial charge in [-0.05, 0) is 53.5 Å². The van der Waals surface area contributed by atoms with Gasteiger partial charge >= 0.3 is 0 Å². The molecule has 0 saturated heterocycles. The molecule has 8 heteroatoms. The van der Waals surface area contributed by atoms with Crippen LogP contribution in [0.15, 0.2) is 51.7 Å². The molecule has 3 aromatic rings. The highest BCUT2D eigenvalue weighted by atomic mass is 79.9. The minimum absolute atomic E-state index is 0.229. The lowest BCUT2D eigenvalue weighted by molar-refractivity contribution is 0.102. The molecule has 0 bridgehead atoms. The number of ether oxygens (including phenoxy) is 2. The monoisotopic (exact) mass is 473 g/mol. The number of nitrogens with zero attached hydrogens (tertiary/aromatic N) is 2. The number of hydrogen-bond donors (Lipinski definition) is 1. The van der Waals surface area contributed by atoms with Gasteiger partial charge in [0, 0.05) is 12.6 Å². The number of halogens is 1. The second-order valence-electron chi connectivity index (χ2n) is 6.73. The molecule has 1 N–H and O–H groups in total. The molecule has 3 rings (SSSR count). The van der Waals surface area contributed by atoms with Gasteiger partial charge in [-0.2, -0.15) is 0 Å². The number of methoxy groups -OCH3 is 1. The predicted molar refractivity (Wildman–Crippen MR) is 120 cm³/mol. The van der Waals surface area contributed by atoms with Crippen LogP contribution in [0.4, 0.5) is 5.69 Å². The molecule has 0 radical (unpaired) electrons. The lowest BCUT2D eigenvalue weighted by Crippen LogP contribution is -2.23. The van der Waals surface area contributed by atoms with Crippen molar-refractivity contribution in [1.29, 1.82) is 0 Å². The SMILES string of the molecule is CCCOc1c(Br)cc(C(=O)Nc2c(C)n(C)n(-c3ccccc3)c2=O)cc1OC. The molecule has 1 heterocycles. The molecule has 158 valence electrons. The number of amides is 1. The van der Waals surface area contributed by atoms with Crippen molar-refractivity contribution in [2.75, 3.05) is 19.0 Å². The summed E-state index contributed by atoms with van der Waals surface area (Å²) in [5.74, 6) is 0.565. The van der Waals surface area contributed by atoms with Gasteiger partial charge in [0.2, 0.25) is 0 Å². The fourth-order valence-electron chi connectivity index (χ4n) is 3.09. The van der Waals surface area contributed by atoms with E-state index in [1.807, 2.05) is 37.3 Å². The van der Waals surface area contributed by atoms with Crippen LogP contribution >= 0.6 is 15.9 Å². The van der Waals surface area contributed by atoms with Gasteiger partial charge in [0.1, 0.15) is 5.69 Å². The molecule has 7 nitrogen and oxygen atoms in total. The first kappa shape index (κ1) is 21.7. The summed E-state index contributed by atoms with van der Waals surface area (Å²) in [4.78, 5) is 25.9. The molecule has 0 unspecified atom stereocenters. The third-order valence-corrected chi connectivity index (χ3v) is 5.32. The molecule has 0 atom stereocenters. The van der Waals surface area contributed by atoms with E-state index in [2.05, 4.69) is 21.2 Å². The first-order chi connectivity index (χ1) is 14.4. The minimum Gasteiger partial charge on any atom is -0.493 e. The third-order valence-electron chi connectivity index (χ3n) is 4.73. The molecule has 0 aliphatic rings. The summed E-state index contributed by atoms with van der Waals surface area (Å²) in [6.45, 7) is 4.32. The lowest BCUT2D eigenvalue weighted by atomic mass is 10.2. The summed E-state index contributed by atoms with van der Waals surface area (Å²) >= 11 is 3.44. The van der Waals surface area contributed by atoms with Crippen molar-refractivity contribution in [2.45, 2.75) is 20.3 Å². The average Bonchev–Trinajstić information content (AvgIpc) is 2.96. The van der Waals surface area contributed by atoms with Crippen molar-refractivity contribution in [1.82, 2.24) is 9.36 Å². The molecule has 0 fully saturated rings. The maximum atomic E-state index is 13.0. The molecule has 2 aromatic carbocycles. The Hall–Kier alpha value is -3.00. The molecule has 0 aliphatic heterocycles. The topological polar surface area (TPSA) is 74.5 Å². The van der Waals surface area contributed by atoms with E-state index in [0.717, 1.165) is 12.1 Å². The fraction of sp³-hybridized carbons (Fsp3) is 0.273. The van der Waals surface area contributed by atoms with Crippen LogP contribution < -0.4 is 20.3 Å². The highest BCUT2D eigenvalue weighted by molar-refractivity contribution is 9.10. The van der Waals surface area contributed by atoms with Gasteiger partial charge in [-0.1, -0.05) is 25.1 Å². The van der Waals surface area contributed by atoms with Crippen LogP contribution in [0.2, 0.25) is 0 Å². The zero-order valence-electron chi connectivity index (χ0n) is 17.4. The van der Waals surface area contributed by atoms with E-state index in [-0.39, 0.29) is 11.2 Å². The molecular weight excluding hydrogens is 450 g/mol. The van der Waals surface area contributed by atoms with Gasteiger partial charge in [-0.3, -0.25) is 14.3 Å². The van der Waals surface area contributed by atoms with Crippen molar-refractivity contribution in [2.24, 2.45) is 7.05 Å². The Kier molecular flexibility index (Phi) is 6.66. The molecular formula is C22H24BrN3O4. The first-order valence-corrected chi connectivity index (χ1v) is 10.3. The largest absolute Gasteiger partial charge is 0.493 e. The standard InChI is InChI=1S/C22H24BrN3O4/c1-5-11-30-20-17(23)12-15(13-18(20)29-4)21(27)24-19-14(2)25(3)26(22(19)28)16-9-7-6-8-10-16/h6-10,12-13H,5,11H2,1-4H3,(H,24,27). The van der Waals surface area contributed by atoms with Gasteiger partial charge in [-0.25, -0.2) is 4.68 Å². The molecule has 0 aliphatic carbocycles. The summed E-state index contributed by atoms with van der Waals surface area (Å²) in [6, 6.07) is 12.5.